The van der Waals surface area contributed by atoms with Crippen molar-refractivity contribution < 1.29 is 68.1 Å². The number of amides is 8. The number of rotatable bonds is 36. The molecule has 8 amide bonds. The average molecular weight is 1040 g/mol. The lowest BCUT2D eigenvalue weighted by Gasteiger charge is -2.27. The zero-order valence-corrected chi connectivity index (χ0v) is 41.4. The fraction of sp³-hybridized carbons (Fsp3) is 0.591. The topological polar surface area (TPSA) is 475 Å². The molecule has 0 heterocycles. The van der Waals surface area contributed by atoms with Gasteiger partial charge in [0.2, 0.25) is 47.3 Å². The minimum Gasteiger partial charge on any atom is -0.481 e. The predicted molar refractivity (Wildman–Crippen MR) is 263 cm³/mol. The molecule has 402 valence electrons. The Kier molecular flexibility index (Phi) is 29.3. The van der Waals surface area contributed by atoms with E-state index in [0.29, 0.717) is 18.4 Å². The van der Waals surface area contributed by atoms with Crippen molar-refractivity contribution in [3.63, 3.8) is 0 Å². The molecule has 8 atom stereocenters. The maximum absolute atomic E-state index is 14.1. The molecule has 1 rings (SSSR count). The van der Waals surface area contributed by atoms with E-state index in [1.165, 1.54) is 11.8 Å². The van der Waals surface area contributed by atoms with E-state index in [0.717, 1.165) is 0 Å². The highest BCUT2D eigenvalue weighted by molar-refractivity contribution is 7.98. The number of aliphatic carboxylic acids is 3. The number of guanidine groups is 1. The molecule has 0 aliphatic rings. The minimum absolute atomic E-state index is 0.0296. The van der Waals surface area contributed by atoms with Gasteiger partial charge in [0.05, 0.1) is 25.3 Å². The monoisotopic (exact) mass is 1040 g/mol. The average Bonchev–Trinajstić information content (AvgIpc) is 3.29. The van der Waals surface area contributed by atoms with Crippen LogP contribution in [0.3, 0.4) is 0 Å². The number of carbonyl (C=O) groups excluding carboxylic acids is 8. The van der Waals surface area contributed by atoms with Gasteiger partial charge in [0.15, 0.2) is 5.96 Å². The Balaban J connectivity index is 3.56. The number of hydrogen-bond acceptors (Lipinski definition) is 15. The molecular weight excluding hydrogens is 967 g/mol. The summed E-state index contributed by atoms with van der Waals surface area (Å²) in [7, 11) is 0. The highest BCUT2D eigenvalue weighted by Crippen LogP contribution is 2.11. The third-order valence-electron chi connectivity index (χ3n) is 10.4. The van der Waals surface area contributed by atoms with Crippen molar-refractivity contribution in [2.24, 2.45) is 39.6 Å². The van der Waals surface area contributed by atoms with E-state index in [1.807, 2.05) is 13.8 Å². The summed E-state index contributed by atoms with van der Waals surface area (Å²) < 4.78 is 0. The van der Waals surface area contributed by atoms with Crippen molar-refractivity contribution in [1.82, 2.24) is 37.2 Å². The maximum Gasteiger partial charge on any atom is 0.326 e. The Morgan fingerprint density at radius 2 is 1.00 bits per heavy atom. The van der Waals surface area contributed by atoms with E-state index in [1.54, 1.807) is 36.6 Å². The predicted octanol–water partition coefficient (Wildman–Crippen LogP) is -4.16. The normalized spacial score (nSPS) is 14.2. The fourth-order valence-corrected chi connectivity index (χ4v) is 7.27. The summed E-state index contributed by atoms with van der Waals surface area (Å²) in [4.78, 5) is 147. The number of benzene rings is 1. The van der Waals surface area contributed by atoms with Gasteiger partial charge in [0.1, 0.15) is 42.3 Å². The maximum atomic E-state index is 14.1. The van der Waals surface area contributed by atoms with Gasteiger partial charge in [-0.1, -0.05) is 44.2 Å². The summed E-state index contributed by atoms with van der Waals surface area (Å²) in [6.07, 6.45) is -0.579. The first-order valence-corrected chi connectivity index (χ1v) is 24.4. The summed E-state index contributed by atoms with van der Waals surface area (Å²) in [6, 6.07) is -4.40. The van der Waals surface area contributed by atoms with Gasteiger partial charge in [-0.15, -0.1) is 0 Å². The number of carboxylic acid groups (broad SMARTS) is 3. The molecule has 0 saturated heterocycles. The van der Waals surface area contributed by atoms with Crippen LogP contribution in [-0.4, -0.2) is 160 Å². The van der Waals surface area contributed by atoms with Crippen LogP contribution in [0.4, 0.5) is 0 Å². The SMILES string of the molecule is CSCCC(NC(=O)C(CCCN=C(N)N)NC(=O)C(CC(=O)O)NC(=O)C(CCCCN)NC(=O)C(N)CC(C)C)C(=O)NC(CC(N)=O)C(=O)NC(Cc1ccccc1)C(=O)NC(CC(=O)O)C(=O)O. The van der Waals surface area contributed by atoms with Gasteiger partial charge < -0.3 is 81.2 Å². The lowest BCUT2D eigenvalue weighted by Crippen LogP contribution is -2.60. The smallest absolute Gasteiger partial charge is 0.326 e. The molecular formula is C44H71N13O14S. The van der Waals surface area contributed by atoms with Crippen LogP contribution in [0.2, 0.25) is 0 Å². The van der Waals surface area contributed by atoms with Gasteiger partial charge in [0.25, 0.3) is 0 Å². The van der Waals surface area contributed by atoms with Gasteiger partial charge in [-0.25, -0.2) is 4.79 Å². The Labute approximate surface area is 420 Å². The van der Waals surface area contributed by atoms with Crippen molar-refractivity contribution in [3.8, 4) is 0 Å². The number of carbonyl (C=O) groups is 11. The summed E-state index contributed by atoms with van der Waals surface area (Å²) in [5.74, 6) is -13.0. The quantitative estimate of drug-likeness (QED) is 0.0172. The van der Waals surface area contributed by atoms with Crippen LogP contribution < -0.4 is 65.9 Å². The van der Waals surface area contributed by atoms with Crippen LogP contribution in [0.25, 0.3) is 0 Å². The van der Waals surface area contributed by atoms with Crippen LogP contribution in [0.5, 0.6) is 0 Å². The molecule has 8 unspecified atom stereocenters. The van der Waals surface area contributed by atoms with E-state index >= 15 is 0 Å². The molecule has 20 N–H and O–H groups in total. The third kappa shape index (κ3) is 25.7. The van der Waals surface area contributed by atoms with Crippen LogP contribution in [0, 0.1) is 5.92 Å². The molecule has 0 radical (unpaired) electrons. The van der Waals surface area contributed by atoms with Crippen molar-refractivity contribution in [2.75, 3.05) is 25.1 Å². The van der Waals surface area contributed by atoms with E-state index in [4.69, 9.17) is 28.7 Å². The van der Waals surface area contributed by atoms with Gasteiger partial charge in [0, 0.05) is 13.0 Å². The van der Waals surface area contributed by atoms with E-state index in [9.17, 15) is 68.1 Å². The third-order valence-corrected chi connectivity index (χ3v) is 11.1. The summed E-state index contributed by atoms with van der Waals surface area (Å²) in [6.45, 7) is 3.90. The van der Waals surface area contributed by atoms with Gasteiger partial charge in [-0.05, 0) is 75.0 Å². The molecule has 0 saturated carbocycles. The fourth-order valence-electron chi connectivity index (χ4n) is 6.79. The van der Waals surface area contributed by atoms with Crippen molar-refractivity contribution in [1.29, 1.82) is 0 Å². The Hall–Kier alpha value is -7.07. The molecule has 28 heteroatoms. The molecule has 0 aliphatic carbocycles. The van der Waals surface area contributed by atoms with Gasteiger partial charge in [-0.2, -0.15) is 11.8 Å². The van der Waals surface area contributed by atoms with Crippen molar-refractivity contribution in [3.05, 3.63) is 35.9 Å². The van der Waals surface area contributed by atoms with Gasteiger partial charge in [-0.3, -0.25) is 52.9 Å². The minimum atomic E-state index is -1.91. The van der Waals surface area contributed by atoms with Crippen LogP contribution in [-0.2, 0) is 59.2 Å². The number of unbranched alkanes of at least 4 members (excludes halogenated alkanes) is 1. The number of nitrogens with two attached hydrogens (primary N) is 5. The highest BCUT2D eigenvalue weighted by atomic mass is 32.2. The number of thioether (sulfide) groups is 1. The first kappa shape index (κ1) is 62.9. The van der Waals surface area contributed by atoms with E-state index in [2.05, 4.69) is 42.2 Å². The molecule has 0 aliphatic heterocycles. The Morgan fingerprint density at radius 1 is 0.569 bits per heavy atom. The van der Waals surface area contributed by atoms with Crippen LogP contribution in [0.1, 0.15) is 83.6 Å². The molecule has 0 bridgehead atoms. The van der Waals surface area contributed by atoms with Gasteiger partial charge >= 0.3 is 17.9 Å². The first-order valence-electron chi connectivity index (χ1n) is 23.0. The Bertz CT molecular complexity index is 2040. The molecule has 27 nitrogen and oxygen atoms in total. The molecule has 1 aromatic rings. The molecule has 0 spiro atoms. The molecule has 1 aromatic carbocycles. The lowest BCUT2D eigenvalue weighted by atomic mass is 10.0. The lowest BCUT2D eigenvalue weighted by molar-refractivity contribution is -0.147. The number of carboxylic acids is 3. The number of primary amides is 1. The molecule has 72 heavy (non-hydrogen) atoms. The summed E-state index contributed by atoms with van der Waals surface area (Å²) in [5.41, 5.74) is 28.5. The molecule has 0 aromatic heterocycles. The zero-order valence-electron chi connectivity index (χ0n) is 40.6. The summed E-state index contributed by atoms with van der Waals surface area (Å²) in [5, 5.41) is 45.1. The van der Waals surface area contributed by atoms with E-state index < -0.39 is 133 Å². The number of nitrogens with zero attached hydrogens (tertiary/aromatic N) is 1. The van der Waals surface area contributed by atoms with Crippen molar-refractivity contribution >= 4 is 82.9 Å². The first-order chi connectivity index (χ1) is 33.9. The second-order valence-electron chi connectivity index (χ2n) is 17.1. The largest absolute Gasteiger partial charge is 0.481 e. The standard InChI is InChI=1S/C44H71N13O14S/c1-23(2)18-25(46)36(63)51-26(12-7-8-15-45)38(65)56-31(21-34(59)60)42(69)52-27(13-9-16-50-44(48)49)37(64)53-28(14-17-72-3)39(66)55-30(20-33(47)58)41(68)54-29(19-24-10-5-4-6-11-24)40(67)57-32(43(70)71)22-35(61)62/h4-6,10-11,23,25-32H,7-9,12-22,45-46H2,1-3H3,(H2,47,58)(H,51,63)(H,52,69)(H,53,64)(H,54,68)(H,55,66)(H,56,65)(H,57,67)(H,59,60)(H,61,62)(H,70,71)(H4,48,49,50). The summed E-state index contributed by atoms with van der Waals surface area (Å²) >= 11 is 1.25. The Morgan fingerprint density at radius 3 is 1.47 bits per heavy atom. The highest BCUT2D eigenvalue weighted by Gasteiger charge is 2.36. The zero-order chi connectivity index (χ0) is 54.5. The second kappa shape index (κ2) is 33.5. The number of nitrogens with one attached hydrogen (secondary N) is 7. The van der Waals surface area contributed by atoms with Crippen LogP contribution in [0.15, 0.2) is 35.3 Å². The van der Waals surface area contributed by atoms with E-state index in [-0.39, 0.29) is 69.2 Å². The molecule has 0 fully saturated rings. The number of hydrogen-bond donors (Lipinski definition) is 15. The van der Waals surface area contributed by atoms with Crippen molar-refractivity contribution in [2.45, 2.75) is 133 Å². The van der Waals surface area contributed by atoms with Crippen LogP contribution >= 0.6 is 11.8 Å². The number of aliphatic imine (C=N–C) groups is 1. The second-order valence-corrected chi connectivity index (χ2v) is 18.1.